The predicted octanol–water partition coefficient (Wildman–Crippen LogP) is 3.15. The van der Waals surface area contributed by atoms with Gasteiger partial charge in [-0.05, 0) is 37.1 Å². The Morgan fingerprint density at radius 1 is 1.08 bits per heavy atom. The lowest BCUT2D eigenvalue weighted by molar-refractivity contribution is -0.737. The molecular formula is C21H22N3O+. The van der Waals surface area contributed by atoms with Gasteiger partial charge in [0.25, 0.3) is 5.82 Å². The summed E-state index contributed by atoms with van der Waals surface area (Å²) in [7, 11) is 2.03. The van der Waals surface area contributed by atoms with E-state index in [1.807, 2.05) is 11.7 Å². The van der Waals surface area contributed by atoms with Crippen molar-refractivity contribution < 1.29 is 9.30 Å². The van der Waals surface area contributed by atoms with Crippen LogP contribution in [0.1, 0.15) is 36.8 Å². The summed E-state index contributed by atoms with van der Waals surface area (Å²) in [5, 5.41) is 4.87. The summed E-state index contributed by atoms with van der Waals surface area (Å²) in [6.07, 6.45) is 1.11. The van der Waals surface area contributed by atoms with Crippen LogP contribution >= 0.6 is 0 Å². The van der Waals surface area contributed by atoms with Gasteiger partial charge in [0, 0.05) is 11.5 Å². The average Bonchev–Trinajstić information content (AvgIpc) is 3.12. The highest BCUT2D eigenvalue weighted by Gasteiger charge is 2.52. The second kappa shape index (κ2) is 5.02. The molecule has 2 heterocycles. The van der Waals surface area contributed by atoms with Gasteiger partial charge in [-0.2, -0.15) is 0 Å². The largest absolute Gasteiger partial charge is 0.357 e. The van der Waals surface area contributed by atoms with E-state index in [4.69, 9.17) is 9.84 Å². The van der Waals surface area contributed by atoms with E-state index in [9.17, 15) is 0 Å². The van der Waals surface area contributed by atoms with Crippen molar-refractivity contribution in [1.82, 2.24) is 9.78 Å². The van der Waals surface area contributed by atoms with Crippen LogP contribution in [0.25, 0.3) is 11.4 Å². The van der Waals surface area contributed by atoms with Crippen molar-refractivity contribution in [3.63, 3.8) is 0 Å². The third-order valence-corrected chi connectivity index (χ3v) is 5.45. The smallest absolute Gasteiger partial charge is 0.310 e. The quantitative estimate of drug-likeness (QED) is 0.641. The van der Waals surface area contributed by atoms with Crippen LogP contribution in [0.3, 0.4) is 0 Å². The van der Waals surface area contributed by atoms with Crippen molar-refractivity contribution >= 4 is 0 Å². The van der Waals surface area contributed by atoms with Crippen molar-refractivity contribution in [2.24, 2.45) is 7.05 Å². The van der Waals surface area contributed by atoms with Gasteiger partial charge >= 0.3 is 5.82 Å². The number of aromatic nitrogens is 3. The molecule has 2 aliphatic rings. The van der Waals surface area contributed by atoms with Crippen LogP contribution in [0.15, 0.2) is 54.6 Å². The summed E-state index contributed by atoms with van der Waals surface area (Å²) in [5.74, 6) is 2.13. The first kappa shape index (κ1) is 14.8. The molecule has 1 aliphatic heterocycles. The Morgan fingerprint density at radius 2 is 1.80 bits per heavy atom. The Bertz CT molecular complexity index is 959. The molecule has 0 amide bonds. The monoisotopic (exact) mass is 332 g/mol. The van der Waals surface area contributed by atoms with Crippen molar-refractivity contribution in [1.29, 1.82) is 0 Å². The first-order chi connectivity index (χ1) is 12.1. The van der Waals surface area contributed by atoms with E-state index in [2.05, 4.69) is 73.0 Å². The molecule has 4 heteroatoms. The number of aryl methyl sites for hydroxylation is 1. The fourth-order valence-corrected chi connectivity index (χ4v) is 4.46. The summed E-state index contributed by atoms with van der Waals surface area (Å²) in [4.78, 5) is 0. The van der Waals surface area contributed by atoms with Gasteiger partial charge in [0.15, 0.2) is 5.60 Å². The van der Waals surface area contributed by atoms with E-state index in [-0.39, 0.29) is 12.1 Å². The second-order valence-electron chi connectivity index (χ2n) is 7.52. The lowest BCUT2D eigenvalue weighted by atomic mass is 9.99. The summed E-state index contributed by atoms with van der Waals surface area (Å²) < 4.78 is 10.9. The number of hydrogen-bond donors (Lipinski definition) is 0. The third-order valence-electron chi connectivity index (χ3n) is 5.45. The molecule has 126 valence electrons. The van der Waals surface area contributed by atoms with Crippen LogP contribution < -0.4 is 4.57 Å². The minimum Gasteiger partial charge on any atom is -0.357 e. The average molecular weight is 332 g/mol. The zero-order valence-electron chi connectivity index (χ0n) is 14.8. The van der Waals surface area contributed by atoms with Gasteiger partial charge in [-0.25, -0.2) is 4.57 Å². The van der Waals surface area contributed by atoms with Crippen LogP contribution in [0.5, 0.6) is 0 Å². The Balaban J connectivity index is 1.81. The number of rotatable bonds is 1. The van der Waals surface area contributed by atoms with Crippen LogP contribution in [0, 0.1) is 0 Å². The molecule has 0 bridgehead atoms. The van der Waals surface area contributed by atoms with Gasteiger partial charge in [0.05, 0.1) is 12.6 Å². The predicted molar refractivity (Wildman–Crippen MR) is 95.0 cm³/mol. The third kappa shape index (κ3) is 2.04. The lowest BCUT2D eigenvalue weighted by Crippen LogP contribution is -2.58. The van der Waals surface area contributed by atoms with Crippen LogP contribution in [-0.4, -0.2) is 15.9 Å². The normalized spacial score (nSPS) is 23.0. The summed E-state index contributed by atoms with van der Waals surface area (Å²) >= 11 is 0. The molecule has 0 fully saturated rings. The van der Waals surface area contributed by atoms with E-state index in [0.29, 0.717) is 0 Å². The summed E-state index contributed by atoms with van der Waals surface area (Å²) in [6.45, 7) is 4.25. The maximum atomic E-state index is 6.51. The Hall–Kier alpha value is -2.46. The maximum Gasteiger partial charge on any atom is 0.310 e. The molecule has 25 heavy (non-hydrogen) atoms. The van der Waals surface area contributed by atoms with E-state index in [0.717, 1.165) is 18.1 Å². The fraction of sp³-hybridized carbons (Fsp3) is 0.333. The molecule has 5 rings (SSSR count). The number of nitrogens with zero attached hydrogens (tertiary/aromatic N) is 3. The molecule has 0 spiro atoms. The molecule has 1 aliphatic carbocycles. The fourth-order valence-electron chi connectivity index (χ4n) is 4.46. The van der Waals surface area contributed by atoms with Gasteiger partial charge in [0.1, 0.15) is 12.1 Å². The van der Waals surface area contributed by atoms with Crippen molar-refractivity contribution in [2.75, 3.05) is 0 Å². The summed E-state index contributed by atoms with van der Waals surface area (Å²) in [5.41, 5.74) is 3.52. The van der Waals surface area contributed by atoms with E-state index in [1.54, 1.807) is 0 Å². The maximum absolute atomic E-state index is 6.51. The molecule has 2 aromatic carbocycles. The first-order valence-electron chi connectivity index (χ1n) is 8.86. The van der Waals surface area contributed by atoms with Gasteiger partial charge in [0.2, 0.25) is 0 Å². The van der Waals surface area contributed by atoms with E-state index in [1.165, 1.54) is 16.7 Å². The molecule has 0 radical (unpaired) electrons. The zero-order valence-corrected chi connectivity index (χ0v) is 14.8. The van der Waals surface area contributed by atoms with Crippen LogP contribution in [-0.2, 0) is 23.8 Å². The van der Waals surface area contributed by atoms with Crippen LogP contribution in [0.2, 0.25) is 0 Å². The van der Waals surface area contributed by atoms with Gasteiger partial charge < -0.3 is 4.74 Å². The number of ether oxygens (including phenoxy) is 1. The molecule has 2 unspecified atom stereocenters. The highest BCUT2D eigenvalue weighted by molar-refractivity contribution is 5.52. The molecule has 0 saturated heterocycles. The molecule has 3 aromatic rings. The molecule has 1 aromatic heterocycles. The molecule has 2 atom stereocenters. The molecule has 0 N–H and O–H groups in total. The minimum atomic E-state index is -0.409. The Kier molecular flexibility index (Phi) is 2.98. The second-order valence-corrected chi connectivity index (χ2v) is 7.52. The topological polar surface area (TPSA) is 30.9 Å². The van der Waals surface area contributed by atoms with Crippen molar-refractivity contribution in [3.05, 3.63) is 71.5 Å². The zero-order chi connectivity index (χ0) is 17.2. The standard InChI is InChI=1S/C21H22N3O/c1-21(2)20-22-23(3)19(14-9-5-4-6-10-14)24(20)18-16-12-8-7-11-15(16)13-17(18)25-21/h4-12,17-18H,13H2,1-3H3/q+1. The highest BCUT2D eigenvalue weighted by atomic mass is 16.5. The molecule has 0 saturated carbocycles. The van der Waals surface area contributed by atoms with Crippen molar-refractivity contribution in [3.8, 4) is 11.4 Å². The number of benzene rings is 2. The van der Waals surface area contributed by atoms with Gasteiger partial charge in [-0.1, -0.05) is 42.5 Å². The number of fused-ring (bicyclic) bond motifs is 5. The highest BCUT2D eigenvalue weighted by Crippen LogP contribution is 2.42. The Labute approximate surface area is 147 Å². The molecule has 4 nitrogen and oxygen atoms in total. The Morgan fingerprint density at radius 3 is 2.60 bits per heavy atom. The van der Waals surface area contributed by atoms with Gasteiger partial charge in [-0.15, -0.1) is 4.68 Å². The van der Waals surface area contributed by atoms with Crippen molar-refractivity contribution in [2.45, 2.75) is 38.0 Å². The first-order valence-corrected chi connectivity index (χ1v) is 8.86. The SMILES string of the molecule is Cn1nc2[n+](c1-c1ccccc1)C1c3ccccc3CC1OC2(C)C. The summed E-state index contributed by atoms with van der Waals surface area (Å²) in [6, 6.07) is 19.4. The minimum absolute atomic E-state index is 0.150. The lowest BCUT2D eigenvalue weighted by Gasteiger charge is -2.34. The van der Waals surface area contributed by atoms with Gasteiger partial charge in [-0.3, -0.25) is 0 Å². The number of hydrogen-bond acceptors (Lipinski definition) is 2. The molecular weight excluding hydrogens is 310 g/mol. The van der Waals surface area contributed by atoms with E-state index >= 15 is 0 Å². The van der Waals surface area contributed by atoms with Crippen LogP contribution in [0.4, 0.5) is 0 Å². The van der Waals surface area contributed by atoms with E-state index < -0.39 is 5.60 Å².